The van der Waals surface area contributed by atoms with Crippen LogP contribution in [0.1, 0.15) is 25.6 Å². The van der Waals surface area contributed by atoms with Crippen LogP contribution in [0.2, 0.25) is 0 Å². The maximum Gasteiger partial charge on any atom is 0.260 e. The predicted octanol–water partition coefficient (Wildman–Crippen LogP) is 3.24. The van der Waals surface area contributed by atoms with Gasteiger partial charge in [-0.1, -0.05) is 43.7 Å². The molecule has 25 heavy (non-hydrogen) atoms. The van der Waals surface area contributed by atoms with E-state index in [2.05, 4.69) is 16.9 Å². The summed E-state index contributed by atoms with van der Waals surface area (Å²) in [5.41, 5.74) is 1.84. The van der Waals surface area contributed by atoms with E-state index in [4.69, 9.17) is 0 Å². The van der Waals surface area contributed by atoms with E-state index in [-0.39, 0.29) is 11.7 Å². The van der Waals surface area contributed by atoms with Gasteiger partial charge in [0.25, 0.3) is 5.56 Å². The van der Waals surface area contributed by atoms with Gasteiger partial charge in [0.15, 0.2) is 0 Å². The minimum absolute atomic E-state index is 0.109. The Morgan fingerprint density at radius 2 is 2.08 bits per heavy atom. The molecule has 1 aromatic carbocycles. The zero-order valence-corrected chi connectivity index (χ0v) is 15.3. The molecule has 0 bridgehead atoms. The van der Waals surface area contributed by atoms with Crippen molar-refractivity contribution in [1.82, 2.24) is 14.9 Å². The summed E-state index contributed by atoms with van der Waals surface area (Å²) in [5.74, 6) is 0.630. The minimum atomic E-state index is -0.350. The van der Waals surface area contributed by atoms with E-state index in [1.54, 1.807) is 0 Å². The van der Waals surface area contributed by atoms with Crippen molar-refractivity contribution in [2.24, 2.45) is 0 Å². The third kappa shape index (κ3) is 4.15. The van der Waals surface area contributed by atoms with E-state index in [1.165, 1.54) is 11.3 Å². The van der Waals surface area contributed by atoms with Gasteiger partial charge >= 0.3 is 0 Å². The molecule has 0 aliphatic rings. The van der Waals surface area contributed by atoms with Crippen molar-refractivity contribution in [3.05, 3.63) is 51.9 Å². The van der Waals surface area contributed by atoms with Gasteiger partial charge in [0.2, 0.25) is 0 Å². The average molecular weight is 357 g/mol. The van der Waals surface area contributed by atoms with Crippen molar-refractivity contribution in [2.45, 2.75) is 32.4 Å². The number of likely N-dealkylation sites (N-methyl/N-ethyl adjacent to an activating group) is 1. The Balaban J connectivity index is 1.85. The van der Waals surface area contributed by atoms with Crippen LogP contribution in [0.5, 0.6) is 0 Å². The molecule has 1 atom stereocenters. The molecule has 0 aliphatic carbocycles. The van der Waals surface area contributed by atoms with Crippen LogP contribution in [0.25, 0.3) is 21.3 Å². The first-order chi connectivity index (χ1) is 12.1. The SMILES string of the molecule is CCCC(O)CN(C)Cc1nc2scc(-c3ccccc3)c2c(=O)[nH]1. The van der Waals surface area contributed by atoms with Crippen LogP contribution < -0.4 is 5.56 Å². The molecular weight excluding hydrogens is 334 g/mol. The van der Waals surface area contributed by atoms with Gasteiger partial charge < -0.3 is 10.1 Å². The number of nitrogens with zero attached hydrogens (tertiary/aromatic N) is 2. The Kier molecular flexibility index (Phi) is 5.63. The van der Waals surface area contributed by atoms with Crippen molar-refractivity contribution < 1.29 is 5.11 Å². The zero-order chi connectivity index (χ0) is 17.8. The molecule has 0 spiro atoms. The summed E-state index contributed by atoms with van der Waals surface area (Å²) < 4.78 is 0. The molecule has 2 aromatic heterocycles. The molecule has 2 heterocycles. The molecule has 1 unspecified atom stereocenters. The molecule has 0 fully saturated rings. The number of thiophene rings is 1. The summed E-state index contributed by atoms with van der Waals surface area (Å²) in [6.07, 6.45) is 1.38. The van der Waals surface area contributed by atoms with Gasteiger partial charge in [-0.3, -0.25) is 9.69 Å². The standard InChI is InChI=1S/C19H23N3O2S/c1-3-7-14(23)10-22(2)11-16-20-18(24)17-15(12-25-19(17)21-16)13-8-5-4-6-9-13/h4-6,8-9,12,14,23H,3,7,10-11H2,1-2H3,(H,20,21,24). The first-order valence-electron chi connectivity index (χ1n) is 8.51. The van der Waals surface area contributed by atoms with Gasteiger partial charge in [0, 0.05) is 17.5 Å². The maximum atomic E-state index is 12.6. The minimum Gasteiger partial charge on any atom is -0.392 e. The quantitative estimate of drug-likeness (QED) is 0.681. The van der Waals surface area contributed by atoms with Gasteiger partial charge in [-0.2, -0.15) is 0 Å². The Morgan fingerprint density at radius 1 is 1.32 bits per heavy atom. The first kappa shape index (κ1) is 17.8. The van der Waals surface area contributed by atoms with E-state index in [1.807, 2.05) is 47.7 Å². The predicted molar refractivity (Wildman–Crippen MR) is 103 cm³/mol. The number of aliphatic hydroxyl groups excluding tert-OH is 1. The molecule has 0 saturated heterocycles. The number of nitrogens with one attached hydrogen (secondary N) is 1. The summed E-state index contributed by atoms with van der Waals surface area (Å²) in [5, 5.41) is 12.6. The van der Waals surface area contributed by atoms with Gasteiger partial charge in [0.05, 0.1) is 18.0 Å². The van der Waals surface area contributed by atoms with Gasteiger partial charge in [0.1, 0.15) is 10.7 Å². The number of aliphatic hydroxyl groups is 1. The molecule has 0 amide bonds. The number of H-pyrrole nitrogens is 1. The van der Waals surface area contributed by atoms with Crippen LogP contribution in [-0.2, 0) is 6.54 Å². The van der Waals surface area contributed by atoms with E-state index in [0.29, 0.717) is 24.3 Å². The summed E-state index contributed by atoms with van der Waals surface area (Å²) in [6, 6.07) is 9.88. The lowest BCUT2D eigenvalue weighted by atomic mass is 10.1. The first-order valence-corrected chi connectivity index (χ1v) is 9.39. The summed E-state index contributed by atoms with van der Waals surface area (Å²) in [7, 11) is 1.92. The lowest BCUT2D eigenvalue weighted by Gasteiger charge is -2.19. The molecule has 0 aliphatic heterocycles. The van der Waals surface area contributed by atoms with Gasteiger partial charge in [-0.25, -0.2) is 4.98 Å². The molecule has 6 heteroatoms. The number of rotatable bonds is 7. The highest BCUT2D eigenvalue weighted by atomic mass is 32.1. The monoisotopic (exact) mass is 357 g/mol. The number of benzene rings is 1. The molecule has 2 N–H and O–H groups in total. The average Bonchev–Trinajstić information content (AvgIpc) is 3.00. The van der Waals surface area contributed by atoms with E-state index >= 15 is 0 Å². The number of fused-ring (bicyclic) bond motifs is 1. The highest BCUT2D eigenvalue weighted by Crippen LogP contribution is 2.30. The Hall–Kier alpha value is -2.02. The summed E-state index contributed by atoms with van der Waals surface area (Å²) in [6.45, 7) is 3.12. The third-order valence-electron chi connectivity index (χ3n) is 4.14. The van der Waals surface area contributed by atoms with Gasteiger partial charge in [-0.05, 0) is 19.0 Å². The van der Waals surface area contributed by atoms with E-state index in [9.17, 15) is 9.90 Å². The summed E-state index contributed by atoms with van der Waals surface area (Å²) >= 11 is 1.49. The fourth-order valence-electron chi connectivity index (χ4n) is 3.00. The third-order valence-corrected chi connectivity index (χ3v) is 5.01. The van der Waals surface area contributed by atoms with Crippen LogP contribution >= 0.6 is 11.3 Å². The van der Waals surface area contributed by atoms with Crippen LogP contribution in [-0.4, -0.2) is 39.7 Å². The molecule has 132 valence electrons. The van der Waals surface area contributed by atoms with Crippen molar-refractivity contribution >= 4 is 21.6 Å². The topological polar surface area (TPSA) is 69.2 Å². The molecule has 5 nitrogen and oxygen atoms in total. The zero-order valence-electron chi connectivity index (χ0n) is 14.5. The lowest BCUT2D eigenvalue weighted by Crippen LogP contribution is -2.30. The fourth-order valence-corrected chi connectivity index (χ4v) is 3.97. The smallest absolute Gasteiger partial charge is 0.260 e. The highest BCUT2D eigenvalue weighted by Gasteiger charge is 2.14. The van der Waals surface area contributed by atoms with E-state index < -0.39 is 0 Å². The van der Waals surface area contributed by atoms with Crippen LogP contribution in [0.4, 0.5) is 0 Å². The maximum absolute atomic E-state index is 12.6. The molecule has 3 aromatic rings. The van der Waals surface area contributed by atoms with Crippen LogP contribution in [0.15, 0.2) is 40.5 Å². The van der Waals surface area contributed by atoms with Gasteiger partial charge in [-0.15, -0.1) is 11.3 Å². The van der Waals surface area contributed by atoms with Crippen molar-refractivity contribution in [3.63, 3.8) is 0 Å². The van der Waals surface area contributed by atoms with Crippen molar-refractivity contribution in [3.8, 4) is 11.1 Å². The highest BCUT2D eigenvalue weighted by molar-refractivity contribution is 7.17. The number of aromatic amines is 1. The van der Waals surface area contributed by atoms with Crippen molar-refractivity contribution in [2.75, 3.05) is 13.6 Å². The fraction of sp³-hybridized carbons (Fsp3) is 0.368. The Labute approximate surface area is 151 Å². The second-order valence-electron chi connectivity index (χ2n) is 6.35. The lowest BCUT2D eigenvalue weighted by molar-refractivity contribution is 0.113. The molecule has 0 saturated carbocycles. The Morgan fingerprint density at radius 3 is 2.80 bits per heavy atom. The number of aromatic nitrogens is 2. The number of hydrogen-bond acceptors (Lipinski definition) is 5. The second kappa shape index (κ2) is 7.91. The van der Waals surface area contributed by atoms with Crippen molar-refractivity contribution in [1.29, 1.82) is 0 Å². The van der Waals surface area contributed by atoms with Crippen LogP contribution in [0.3, 0.4) is 0 Å². The largest absolute Gasteiger partial charge is 0.392 e. The second-order valence-corrected chi connectivity index (χ2v) is 7.21. The number of hydrogen-bond donors (Lipinski definition) is 2. The molecule has 3 rings (SSSR count). The molecule has 0 radical (unpaired) electrons. The van der Waals surface area contributed by atoms with E-state index in [0.717, 1.165) is 28.8 Å². The summed E-state index contributed by atoms with van der Waals surface area (Å²) in [4.78, 5) is 22.9. The normalized spacial score (nSPS) is 12.8. The van der Waals surface area contributed by atoms with Crippen LogP contribution in [0, 0.1) is 0 Å². The Bertz CT molecular complexity index is 889. The molecular formula is C19H23N3O2S.